The number of fused-ring (bicyclic) bond motifs is 1. The summed E-state index contributed by atoms with van der Waals surface area (Å²) in [5.74, 6) is 7.16. The van der Waals surface area contributed by atoms with Gasteiger partial charge in [-0.05, 0) is 47.1 Å². The molecule has 3 aromatic carbocycles. The summed E-state index contributed by atoms with van der Waals surface area (Å²) in [7, 11) is 0. The minimum absolute atomic E-state index is 0.0624. The topological polar surface area (TPSA) is 73.6 Å². The van der Waals surface area contributed by atoms with Crippen LogP contribution in [0.5, 0.6) is 11.5 Å². The quantitative estimate of drug-likeness (QED) is 0.392. The van der Waals surface area contributed by atoms with E-state index in [0.717, 1.165) is 22.6 Å². The molecule has 0 atom stereocenters. The first-order valence-corrected chi connectivity index (χ1v) is 9.64. The number of nitrogens with one attached hydrogen (secondary N) is 1. The molecule has 1 heterocycles. The van der Waals surface area contributed by atoms with Gasteiger partial charge in [0.1, 0.15) is 0 Å². The van der Waals surface area contributed by atoms with Gasteiger partial charge < -0.3 is 9.47 Å². The Kier molecular flexibility index (Phi) is 6.03. The number of hydrazine groups is 1. The minimum atomic E-state index is 0.0624. The second-order valence-electron chi connectivity index (χ2n) is 6.83. The van der Waals surface area contributed by atoms with Gasteiger partial charge in [0.25, 0.3) is 0 Å². The maximum Gasteiger partial charge on any atom is 0.231 e. The van der Waals surface area contributed by atoms with Crippen LogP contribution in [0.3, 0.4) is 0 Å². The van der Waals surface area contributed by atoms with E-state index in [1.807, 2.05) is 60.7 Å². The summed E-state index contributed by atoms with van der Waals surface area (Å²) in [6, 6.07) is 26.0. The minimum Gasteiger partial charge on any atom is -0.454 e. The molecule has 0 aromatic heterocycles. The average molecular weight is 398 g/mol. The zero-order chi connectivity index (χ0) is 20.8. The Labute approximate surface area is 175 Å². The van der Waals surface area contributed by atoms with Gasteiger partial charge in [0, 0.05) is 5.57 Å². The van der Waals surface area contributed by atoms with Crippen molar-refractivity contribution >= 4 is 11.9 Å². The van der Waals surface area contributed by atoms with E-state index in [4.69, 9.17) is 15.3 Å². The molecule has 0 saturated heterocycles. The number of hydrogen-bond acceptors (Lipinski definition) is 5. The highest BCUT2D eigenvalue weighted by Gasteiger charge is 2.15. The highest BCUT2D eigenvalue weighted by Crippen LogP contribution is 2.33. The van der Waals surface area contributed by atoms with Crippen molar-refractivity contribution in [1.82, 2.24) is 5.43 Å². The lowest BCUT2D eigenvalue weighted by atomic mass is 9.98. The molecule has 1 aliphatic heterocycles. The van der Waals surface area contributed by atoms with Crippen LogP contribution in [0.25, 0.3) is 6.08 Å². The molecule has 0 radical (unpaired) electrons. The fraction of sp³-hybridized carbons (Fsp3) is 0.0800. The molecule has 5 heteroatoms. The Morgan fingerprint density at radius 3 is 2.00 bits per heavy atom. The Morgan fingerprint density at radius 1 is 0.833 bits per heavy atom. The van der Waals surface area contributed by atoms with Crippen LogP contribution in [0.2, 0.25) is 0 Å². The van der Waals surface area contributed by atoms with Crippen LogP contribution in [0.1, 0.15) is 22.7 Å². The van der Waals surface area contributed by atoms with Crippen LogP contribution < -0.4 is 20.7 Å². The summed E-state index contributed by atoms with van der Waals surface area (Å²) < 4.78 is 10.4. The monoisotopic (exact) mass is 398 g/mol. The van der Waals surface area contributed by atoms with Gasteiger partial charge in [-0.2, -0.15) is 0 Å². The molecule has 3 N–H and O–H groups in total. The van der Waals surface area contributed by atoms with Crippen LogP contribution in [0.15, 0.2) is 96.6 Å². The molecule has 3 aromatic rings. The molecule has 0 unspecified atom stereocenters. The van der Waals surface area contributed by atoms with Crippen LogP contribution in [-0.4, -0.2) is 12.6 Å². The molecule has 0 bridgehead atoms. The first-order chi connectivity index (χ1) is 14.7. The standard InChI is InChI=1S/C13H14N2.C12H8O3/c14-15-13(11-7-3-1-4-8-11)12-9-5-2-6-10-12;13-10-3-2-9(10)5-8-1-4-11-12(6-8)15-7-14-11/h1-10,13,15H,14H2;1-6H,7H2. The van der Waals surface area contributed by atoms with E-state index in [0.29, 0.717) is 0 Å². The largest absolute Gasteiger partial charge is 0.454 e. The zero-order valence-electron chi connectivity index (χ0n) is 16.3. The van der Waals surface area contributed by atoms with Gasteiger partial charge in [0.2, 0.25) is 6.79 Å². The molecule has 0 spiro atoms. The maximum atomic E-state index is 11.1. The van der Waals surface area contributed by atoms with E-state index >= 15 is 0 Å². The maximum absolute atomic E-state index is 11.1. The van der Waals surface area contributed by atoms with Gasteiger partial charge in [-0.15, -0.1) is 0 Å². The molecule has 30 heavy (non-hydrogen) atoms. The molecule has 2 aliphatic rings. The highest BCUT2D eigenvalue weighted by atomic mass is 16.7. The Morgan fingerprint density at radius 2 is 1.47 bits per heavy atom. The normalized spacial score (nSPS) is 15.0. The molecule has 0 saturated carbocycles. The van der Waals surface area contributed by atoms with E-state index < -0.39 is 0 Å². The van der Waals surface area contributed by atoms with Crippen molar-refractivity contribution in [2.45, 2.75) is 6.04 Å². The lowest BCUT2D eigenvalue weighted by Gasteiger charge is -2.16. The summed E-state index contributed by atoms with van der Waals surface area (Å²) >= 11 is 0. The van der Waals surface area contributed by atoms with Crippen molar-refractivity contribution in [3.05, 3.63) is 113 Å². The Balaban J connectivity index is 0.000000145. The van der Waals surface area contributed by atoms with Gasteiger partial charge >= 0.3 is 0 Å². The summed E-state index contributed by atoms with van der Waals surface area (Å²) in [4.78, 5) is 11.1. The van der Waals surface area contributed by atoms with Gasteiger partial charge in [0.05, 0.1) is 6.04 Å². The van der Waals surface area contributed by atoms with E-state index in [-0.39, 0.29) is 18.6 Å². The SMILES string of the molecule is NNC(c1ccccc1)c1ccccc1.O=C1C=CC1=Cc1ccc2c(c1)OCO2. The first kappa shape index (κ1) is 19.6. The Hall–Kier alpha value is -3.67. The predicted octanol–water partition coefficient (Wildman–Crippen LogP) is 4.18. The molecule has 0 fully saturated rings. The second-order valence-corrected chi connectivity index (χ2v) is 6.83. The third kappa shape index (κ3) is 4.49. The summed E-state index contributed by atoms with van der Waals surface area (Å²) in [5.41, 5.74) is 6.86. The summed E-state index contributed by atoms with van der Waals surface area (Å²) in [6.07, 6.45) is 5.19. The van der Waals surface area contributed by atoms with Crippen LogP contribution in [0.4, 0.5) is 0 Å². The molecule has 1 aliphatic carbocycles. The van der Waals surface area contributed by atoms with Crippen molar-refractivity contribution in [2.75, 3.05) is 6.79 Å². The average Bonchev–Trinajstić information content (AvgIpc) is 3.27. The number of ether oxygens (including phenoxy) is 2. The molecular weight excluding hydrogens is 376 g/mol. The number of carbonyl (C=O) groups excluding carboxylic acids is 1. The number of hydrogen-bond donors (Lipinski definition) is 2. The second kappa shape index (κ2) is 9.22. The van der Waals surface area contributed by atoms with E-state index in [9.17, 15) is 4.79 Å². The van der Waals surface area contributed by atoms with Gasteiger partial charge in [-0.25, -0.2) is 5.43 Å². The molecule has 5 rings (SSSR count). The van der Waals surface area contributed by atoms with Crippen molar-refractivity contribution in [1.29, 1.82) is 0 Å². The third-order valence-corrected chi connectivity index (χ3v) is 4.85. The summed E-state index contributed by atoms with van der Waals surface area (Å²) in [6.45, 7) is 0.272. The van der Waals surface area contributed by atoms with E-state index in [1.54, 1.807) is 12.2 Å². The molecule has 150 valence electrons. The number of benzene rings is 3. The van der Waals surface area contributed by atoms with E-state index in [1.165, 1.54) is 11.1 Å². The van der Waals surface area contributed by atoms with Crippen molar-refractivity contribution in [3.63, 3.8) is 0 Å². The van der Waals surface area contributed by atoms with Gasteiger partial charge in [0.15, 0.2) is 17.3 Å². The zero-order valence-corrected chi connectivity index (χ0v) is 16.3. The fourth-order valence-corrected chi connectivity index (χ4v) is 3.23. The molecule has 0 amide bonds. The number of carbonyl (C=O) groups is 1. The summed E-state index contributed by atoms with van der Waals surface area (Å²) in [5, 5.41) is 0. The van der Waals surface area contributed by atoms with Gasteiger partial charge in [-0.3, -0.25) is 10.6 Å². The lowest BCUT2D eigenvalue weighted by molar-refractivity contribution is -0.111. The number of ketones is 1. The predicted molar refractivity (Wildman–Crippen MR) is 117 cm³/mol. The number of nitrogens with two attached hydrogens (primary N) is 1. The third-order valence-electron chi connectivity index (χ3n) is 4.85. The molecule has 5 nitrogen and oxygen atoms in total. The number of rotatable bonds is 4. The van der Waals surface area contributed by atoms with Crippen molar-refractivity contribution in [3.8, 4) is 11.5 Å². The number of allylic oxidation sites excluding steroid dienone is 3. The van der Waals surface area contributed by atoms with Crippen LogP contribution >= 0.6 is 0 Å². The van der Waals surface area contributed by atoms with Crippen LogP contribution in [0, 0.1) is 0 Å². The van der Waals surface area contributed by atoms with Crippen LogP contribution in [-0.2, 0) is 4.79 Å². The smallest absolute Gasteiger partial charge is 0.231 e. The van der Waals surface area contributed by atoms with Crippen molar-refractivity contribution < 1.29 is 14.3 Å². The van der Waals surface area contributed by atoms with Crippen molar-refractivity contribution in [2.24, 2.45) is 5.84 Å². The Bertz CT molecular complexity index is 1040. The fourth-order valence-electron chi connectivity index (χ4n) is 3.23. The molecular formula is C25H22N2O3. The van der Waals surface area contributed by atoms with E-state index in [2.05, 4.69) is 29.7 Å². The first-order valence-electron chi connectivity index (χ1n) is 9.64. The van der Waals surface area contributed by atoms with Gasteiger partial charge in [-0.1, -0.05) is 66.7 Å². The lowest BCUT2D eigenvalue weighted by Crippen LogP contribution is -2.28. The highest BCUT2D eigenvalue weighted by molar-refractivity contribution is 6.16.